The molecule has 0 unspecified atom stereocenters. The predicted octanol–water partition coefficient (Wildman–Crippen LogP) is 1.23. The third-order valence-electron chi connectivity index (χ3n) is 1.80. The quantitative estimate of drug-likeness (QED) is 0.780. The van der Waals surface area contributed by atoms with Crippen molar-refractivity contribution in [1.82, 2.24) is 0 Å². The highest BCUT2D eigenvalue weighted by molar-refractivity contribution is 5.94. The molecule has 0 bridgehead atoms. The van der Waals surface area contributed by atoms with Crippen molar-refractivity contribution in [2.24, 2.45) is 0 Å². The lowest BCUT2D eigenvalue weighted by molar-refractivity contribution is 0.0696. The number of hydrogen-bond donors (Lipinski definition) is 2. The van der Waals surface area contributed by atoms with E-state index in [1.807, 2.05) is 0 Å². The van der Waals surface area contributed by atoms with Crippen LogP contribution in [0.2, 0.25) is 0 Å². The van der Waals surface area contributed by atoms with E-state index in [-0.39, 0.29) is 17.7 Å². The van der Waals surface area contributed by atoms with Crippen LogP contribution in [0, 0.1) is 0 Å². The van der Waals surface area contributed by atoms with E-state index in [4.69, 9.17) is 14.9 Å². The van der Waals surface area contributed by atoms with Gasteiger partial charge in [-0.1, -0.05) is 0 Å². The summed E-state index contributed by atoms with van der Waals surface area (Å²) in [6.45, 7) is 0.182. The van der Waals surface area contributed by atoms with Crippen LogP contribution in [-0.2, 0) is 11.3 Å². The van der Waals surface area contributed by atoms with E-state index in [0.717, 1.165) is 6.07 Å². The number of benzene rings is 1. The first kappa shape index (κ1) is 11.2. The molecule has 0 aromatic heterocycles. The molecule has 5 nitrogen and oxygen atoms in total. The van der Waals surface area contributed by atoms with Crippen LogP contribution >= 0.6 is 0 Å². The van der Waals surface area contributed by atoms with Gasteiger partial charge in [-0.15, -0.1) is 0 Å². The van der Waals surface area contributed by atoms with Crippen LogP contribution < -0.4 is 0 Å². The summed E-state index contributed by atoms with van der Waals surface area (Å²) in [5, 5.41) is 17.5. The number of ether oxygens (including phenoxy) is 1. The van der Waals surface area contributed by atoms with Crippen molar-refractivity contribution in [2.75, 3.05) is 7.11 Å². The number of aromatic carboxylic acids is 2. The monoisotopic (exact) mass is 210 g/mol. The molecule has 0 amide bonds. The second-order valence-electron chi connectivity index (χ2n) is 2.96. The molecule has 80 valence electrons. The van der Waals surface area contributed by atoms with E-state index in [9.17, 15) is 9.59 Å². The molecule has 0 heterocycles. The highest BCUT2D eigenvalue weighted by Crippen LogP contribution is 2.11. The minimum Gasteiger partial charge on any atom is -0.478 e. The summed E-state index contributed by atoms with van der Waals surface area (Å²) in [6, 6.07) is 3.89. The van der Waals surface area contributed by atoms with Gasteiger partial charge in [-0.05, 0) is 23.8 Å². The van der Waals surface area contributed by atoms with Crippen molar-refractivity contribution in [2.45, 2.75) is 6.61 Å². The van der Waals surface area contributed by atoms with E-state index >= 15 is 0 Å². The zero-order valence-electron chi connectivity index (χ0n) is 8.06. The van der Waals surface area contributed by atoms with Crippen LogP contribution in [0.1, 0.15) is 26.3 Å². The maximum Gasteiger partial charge on any atom is 0.335 e. The Balaban J connectivity index is 3.19. The van der Waals surface area contributed by atoms with Gasteiger partial charge in [0.1, 0.15) is 0 Å². The summed E-state index contributed by atoms with van der Waals surface area (Å²) in [5.41, 5.74) is 0.415. The van der Waals surface area contributed by atoms with Gasteiger partial charge in [0.05, 0.1) is 17.7 Å². The average Bonchev–Trinajstić information content (AvgIpc) is 2.17. The van der Waals surface area contributed by atoms with E-state index < -0.39 is 11.9 Å². The summed E-state index contributed by atoms with van der Waals surface area (Å²) in [7, 11) is 1.45. The van der Waals surface area contributed by atoms with Crippen LogP contribution in [0.25, 0.3) is 0 Å². The Hall–Kier alpha value is -1.88. The van der Waals surface area contributed by atoms with Crippen LogP contribution in [-0.4, -0.2) is 29.3 Å². The minimum absolute atomic E-state index is 0.0537. The maximum absolute atomic E-state index is 10.7. The topological polar surface area (TPSA) is 83.8 Å². The molecule has 0 aliphatic rings. The summed E-state index contributed by atoms with van der Waals surface area (Å²) < 4.78 is 4.81. The summed E-state index contributed by atoms with van der Waals surface area (Å²) in [4.78, 5) is 21.4. The molecule has 1 aromatic rings. The largest absolute Gasteiger partial charge is 0.478 e. The van der Waals surface area contributed by atoms with Gasteiger partial charge in [0.15, 0.2) is 0 Å². The Morgan fingerprint density at radius 1 is 1.13 bits per heavy atom. The van der Waals surface area contributed by atoms with Crippen molar-refractivity contribution in [1.29, 1.82) is 0 Å². The van der Waals surface area contributed by atoms with E-state index in [1.165, 1.54) is 19.2 Å². The van der Waals surface area contributed by atoms with E-state index in [1.54, 1.807) is 0 Å². The molecule has 0 spiro atoms. The SMILES string of the molecule is COCc1cc(C(=O)O)cc(C(=O)O)c1. The molecule has 0 fully saturated rings. The summed E-state index contributed by atoms with van der Waals surface area (Å²) in [5.74, 6) is -2.31. The van der Waals surface area contributed by atoms with Gasteiger partial charge in [-0.3, -0.25) is 0 Å². The zero-order chi connectivity index (χ0) is 11.4. The number of rotatable bonds is 4. The van der Waals surface area contributed by atoms with Crippen molar-refractivity contribution in [3.8, 4) is 0 Å². The van der Waals surface area contributed by atoms with Crippen molar-refractivity contribution in [3.63, 3.8) is 0 Å². The average molecular weight is 210 g/mol. The molecule has 5 heteroatoms. The highest BCUT2D eigenvalue weighted by atomic mass is 16.5. The summed E-state index contributed by atoms with van der Waals surface area (Å²) >= 11 is 0. The fraction of sp³-hybridized carbons (Fsp3) is 0.200. The number of hydrogen-bond acceptors (Lipinski definition) is 3. The molecule has 0 atom stereocenters. The molecule has 0 aliphatic heterocycles. The molecule has 0 saturated heterocycles. The summed E-state index contributed by atoms with van der Waals surface area (Å²) in [6.07, 6.45) is 0. The lowest BCUT2D eigenvalue weighted by Gasteiger charge is -2.03. The molecule has 0 radical (unpaired) electrons. The van der Waals surface area contributed by atoms with E-state index in [2.05, 4.69) is 0 Å². The van der Waals surface area contributed by atoms with Gasteiger partial charge in [-0.2, -0.15) is 0 Å². The molecule has 0 saturated carbocycles. The molecule has 15 heavy (non-hydrogen) atoms. The van der Waals surface area contributed by atoms with Crippen LogP contribution in [0.15, 0.2) is 18.2 Å². The fourth-order valence-corrected chi connectivity index (χ4v) is 1.19. The predicted molar refractivity (Wildman–Crippen MR) is 51.1 cm³/mol. The van der Waals surface area contributed by atoms with Gasteiger partial charge < -0.3 is 14.9 Å². The van der Waals surface area contributed by atoms with Crippen LogP contribution in [0.3, 0.4) is 0 Å². The number of carboxylic acids is 2. The van der Waals surface area contributed by atoms with Gasteiger partial charge >= 0.3 is 11.9 Å². The van der Waals surface area contributed by atoms with Gasteiger partial charge in [0.2, 0.25) is 0 Å². The molecule has 2 N–H and O–H groups in total. The molecular weight excluding hydrogens is 200 g/mol. The van der Waals surface area contributed by atoms with Gasteiger partial charge in [0.25, 0.3) is 0 Å². The molecule has 0 aliphatic carbocycles. The lowest BCUT2D eigenvalue weighted by atomic mass is 10.1. The first-order valence-electron chi connectivity index (χ1n) is 4.14. The number of carboxylic acid groups (broad SMARTS) is 2. The minimum atomic E-state index is -1.16. The Bertz CT molecular complexity index is 365. The second-order valence-corrected chi connectivity index (χ2v) is 2.96. The fourth-order valence-electron chi connectivity index (χ4n) is 1.19. The van der Waals surface area contributed by atoms with Crippen molar-refractivity contribution >= 4 is 11.9 Å². The highest BCUT2D eigenvalue weighted by Gasteiger charge is 2.10. The number of methoxy groups -OCH3 is 1. The standard InChI is InChI=1S/C10H10O5/c1-15-5-6-2-7(9(11)12)4-8(3-6)10(13)14/h2-4H,5H2,1H3,(H,11,12)(H,13,14). The molecule has 1 rings (SSSR count). The third kappa shape index (κ3) is 2.78. The molecule has 1 aromatic carbocycles. The van der Waals surface area contributed by atoms with Gasteiger partial charge in [0, 0.05) is 7.11 Å². The van der Waals surface area contributed by atoms with Crippen molar-refractivity contribution < 1.29 is 24.5 Å². The second kappa shape index (κ2) is 4.56. The smallest absolute Gasteiger partial charge is 0.335 e. The van der Waals surface area contributed by atoms with E-state index in [0.29, 0.717) is 5.56 Å². The first-order chi connectivity index (χ1) is 7.04. The Morgan fingerprint density at radius 3 is 1.93 bits per heavy atom. The third-order valence-corrected chi connectivity index (χ3v) is 1.80. The van der Waals surface area contributed by atoms with Crippen molar-refractivity contribution in [3.05, 3.63) is 34.9 Å². The van der Waals surface area contributed by atoms with Gasteiger partial charge in [-0.25, -0.2) is 9.59 Å². The van der Waals surface area contributed by atoms with Crippen LogP contribution in [0.5, 0.6) is 0 Å². The maximum atomic E-state index is 10.7. The van der Waals surface area contributed by atoms with Crippen LogP contribution in [0.4, 0.5) is 0 Å². The lowest BCUT2D eigenvalue weighted by Crippen LogP contribution is -2.04. The molecular formula is C10H10O5. The zero-order valence-corrected chi connectivity index (χ0v) is 8.06. The normalized spacial score (nSPS) is 9.93. The number of carbonyl (C=O) groups is 2. The Labute approximate surface area is 85.9 Å². The first-order valence-corrected chi connectivity index (χ1v) is 4.14. The Kier molecular flexibility index (Phi) is 3.41. The Morgan fingerprint density at radius 2 is 1.60 bits per heavy atom.